The summed E-state index contributed by atoms with van der Waals surface area (Å²) in [5.74, 6) is -0.0849. The first-order valence-corrected chi connectivity index (χ1v) is 6.72. The summed E-state index contributed by atoms with van der Waals surface area (Å²) < 4.78 is 1.11. The van der Waals surface area contributed by atoms with Gasteiger partial charge in [-0.05, 0) is 23.9 Å². The second-order valence-corrected chi connectivity index (χ2v) is 5.17. The van der Waals surface area contributed by atoms with Crippen molar-refractivity contribution in [2.75, 3.05) is 0 Å². The average molecular weight is 258 g/mol. The average Bonchev–Trinajstić information content (AvgIpc) is 2.82. The van der Waals surface area contributed by atoms with E-state index in [4.69, 9.17) is 5.26 Å². The minimum atomic E-state index is -0.0849. The van der Waals surface area contributed by atoms with Gasteiger partial charge in [-0.3, -0.25) is 4.79 Å². The van der Waals surface area contributed by atoms with Crippen LogP contribution in [0.15, 0.2) is 30.3 Å². The monoisotopic (exact) mass is 258 g/mol. The highest BCUT2D eigenvalue weighted by molar-refractivity contribution is 7.20. The smallest absolute Gasteiger partial charge is 0.261 e. The topological polar surface area (TPSA) is 52.9 Å². The van der Waals surface area contributed by atoms with Crippen molar-refractivity contribution in [3.05, 3.63) is 35.2 Å². The molecule has 18 heavy (non-hydrogen) atoms. The summed E-state index contributed by atoms with van der Waals surface area (Å²) in [6.07, 6.45) is 1.12. The summed E-state index contributed by atoms with van der Waals surface area (Å²) in [6.45, 7) is 1.97. The maximum Gasteiger partial charge on any atom is 0.261 e. The Balaban J connectivity index is 2.16. The molecule has 92 valence electrons. The van der Waals surface area contributed by atoms with Gasteiger partial charge in [0, 0.05) is 10.7 Å². The molecule has 1 heterocycles. The minimum absolute atomic E-state index is 0.0623. The van der Waals surface area contributed by atoms with Gasteiger partial charge < -0.3 is 5.32 Å². The van der Waals surface area contributed by atoms with Crippen LogP contribution in [0.25, 0.3) is 10.1 Å². The van der Waals surface area contributed by atoms with Crippen LogP contribution in [0.1, 0.15) is 29.4 Å². The molecule has 4 heteroatoms. The lowest BCUT2D eigenvalue weighted by molar-refractivity contribution is 0.0941. The number of nitrogens with one attached hydrogen (secondary N) is 1. The lowest BCUT2D eigenvalue weighted by Crippen LogP contribution is -2.33. The second-order valence-electron chi connectivity index (χ2n) is 4.09. The molecule has 0 aliphatic carbocycles. The first-order chi connectivity index (χ1) is 8.74. The molecule has 1 N–H and O–H groups in total. The molecule has 0 spiro atoms. The van der Waals surface area contributed by atoms with E-state index < -0.39 is 0 Å². The summed E-state index contributed by atoms with van der Waals surface area (Å²) in [5.41, 5.74) is 0. The summed E-state index contributed by atoms with van der Waals surface area (Å²) >= 11 is 1.48. The van der Waals surface area contributed by atoms with Crippen molar-refractivity contribution >= 4 is 27.3 Å². The predicted octanol–water partition coefficient (Wildman–Crippen LogP) is 3.32. The SMILES string of the molecule is CCC(CC#N)NC(=O)c1cc2ccccc2s1. The van der Waals surface area contributed by atoms with Crippen LogP contribution in [0.5, 0.6) is 0 Å². The van der Waals surface area contributed by atoms with Crippen LogP contribution in [0.3, 0.4) is 0 Å². The number of carbonyl (C=O) groups is 1. The minimum Gasteiger partial charge on any atom is -0.348 e. The maximum atomic E-state index is 12.0. The Morgan fingerprint density at radius 2 is 2.28 bits per heavy atom. The highest BCUT2D eigenvalue weighted by atomic mass is 32.1. The Hall–Kier alpha value is -1.86. The largest absolute Gasteiger partial charge is 0.348 e. The molecule has 1 unspecified atom stereocenters. The lowest BCUT2D eigenvalue weighted by atomic mass is 10.1. The molecule has 2 rings (SSSR count). The Bertz CT molecular complexity index is 564. The quantitative estimate of drug-likeness (QED) is 0.914. The van der Waals surface area contributed by atoms with Gasteiger partial charge in [-0.15, -0.1) is 11.3 Å². The van der Waals surface area contributed by atoms with Crippen molar-refractivity contribution in [2.24, 2.45) is 0 Å². The van der Waals surface area contributed by atoms with E-state index in [1.165, 1.54) is 11.3 Å². The van der Waals surface area contributed by atoms with E-state index in [9.17, 15) is 4.79 Å². The molecule has 0 aliphatic heterocycles. The Morgan fingerprint density at radius 3 is 2.94 bits per heavy atom. The van der Waals surface area contributed by atoms with E-state index in [1.807, 2.05) is 37.3 Å². The van der Waals surface area contributed by atoms with Crippen molar-refractivity contribution in [3.8, 4) is 6.07 Å². The fourth-order valence-electron chi connectivity index (χ4n) is 1.76. The summed E-state index contributed by atoms with van der Waals surface area (Å²) in [5, 5.41) is 12.6. The molecule has 0 bridgehead atoms. The van der Waals surface area contributed by atoms with E-state index in [-0.39, 0.29) is 11.9 Å². The molecule has 0 saturated carbocycles. The molecular formula is C14H14N2OS. The number of fused-ring (bicyclic) bond motifs is 1. The van der Waals surface area contributed by atoms with Gasteiger partial charge >= 0.3 is 0 Å². The van der Waals surface area contributed by atoms with Crippen molar-refractivity contribution in [2.45, 2.75) is 25.8 Å². The maximum absolute atomic E-state index is 12.0. The second kappa shape index (κ2) is 5.65. The van der Waals surface area contributed by atoms with Crippen LogP contribution in [0.2, 0.25) is 0 Å². The molecule has 0 radical (unpaired) electrons. The van der Waals surface area contributed by atoms with Crippen LogP contribution in [0.4, 0.5) is 0 Å². The summed E-state index contributed by atoms with van der Waals surface area (Å²) in [7, 11) is 0. The van der Waals surface area contributed by atoms with Gasteiger partial charge in [0.05, 0.1) is 17.4 Å². The number of thiophene rings is 1. The lowest BCUT2D eigenvalue weighted by Gasteiger charge is -2.12. The Kier molecular flexibility index (Phi) is 3.96. The number of hydrogen-bond acceptors (Lipinski definition) is 3. The van der Waals surface area contributed by atoms with Crippen LogP contribution in [-0.2, 0) is 0 Å². The van der Waals surface area contributed by atoms with Crippen LogP contribution >= 0.6 is 11.3 Å². The molecule has 1 amide bonds. The molecule has 0 aliphatic rings. The number of carbonyl (C=O) groups excluding carboxylic acids is 1. The van der Waals surface area contributed by atoms with Gasteiger partial charge in [0.15, 0.2) is 0 Å². The fourth-order valence-corrected chi connectivity index (χ4v) is 2.72. The third-order valence-electron chi connectivity index (χ3n) is 2.82. The first-order valence-electron chi connectivity index (χ1n) is 5.91. The van der Waals surface area contributed by atoms with Gasteiger partial charge in [0.25, 0.3) is 5.91 Å². The normalized spacial score (nSPS) is 12.0. The zero-order valence-electron chi connectivity index (χ0n) is 10.1. The van der Waals surface area contributed by atoms with Crippen molar-refractivity contribution in [3.63, 3.8) is 0 Å². The number of hydrogen-bond donors (Lipinski definition) is 1. The Labute approximate surface area is 110 Å². The van der Waals surface area contributed by atoms with Gasteiger partial charge in [-0.1, -0.05) is 25.1 Å². The zero-order valence-corrected chi connectivity index (χ0v) is 11.0. The fraction of sp³-hybridized carbons (Fsp3) is 0.286. The first kappa shape index (κ1) is 12.6. The third kappa shape index (κ3) is 2.69. The Morgan fingerprint density at radius 1 is 1.50 bits per heavy atom. The highest BCUT2D eigenvalue weighted by Gasteiger charge is 2.14. The third-order valence-corrected chi connectivity index (χ3v) is 3.93. The highest BCUT2D eigenvalue weighted by Crippen LogP contribution is 2.25. The van der Waals surface area contributed by atoms with Crippen molar-refractivity contribution in [1.29, 1.82) is 5.26 Å². The molecule has 0 fully saturated rings. The summed E-state index contributed by atoms with van der Waals surface area (Å²) in [4.78, 5) is 12.7. The van der Waals surface area contributed by atoms with E-state index in [2.05, 4.69) is 11.4 Å². The molecule has 2 aromatic rings. The zero-order chi connectivity index (χ0) is 13.0. The molecule has 1 aromatic heterocycles. The standard InChI is InChI=1S/C14H14N2OS/c1-2-11(7-8-15)16-14(17)13-9-10-5-3-4-6-12(10)18-13/h3-6,9,11H,2,7H2,1H3,(H,16,17). The van der Waals surface area contributed by atoms with Crippen molar-refractivity contribution in [1.82, 2.24) is 5.32 Å². The van der Waals surface area contributed by atoms with E-state index in [1.54, 1.807) is 0 Å². The number of rotatable bonds is 4. The number of nitrogens with zero attached hydrogens (tertiary/aromatic N) is 1. The number of benzene rings is 1. The van der Waals surface area contributed by atoms with Crippen LogP contribution in [-0.4, -0.2) is 11.9 Å². The van der Waals surface area contributed by atoms with E-state index >= 15 is 0 Å². The molecule has 1 aromatic carbocycles. The predicted molar refractivity (Wildman–Crippen MR) is 73.6 cm³/mol. The van der Waals surface area contributed by atoms with Crippen LogP contribution in [0, 0.1) is 11.3 Å². The number of nitriles is 1. The number of amides is 1. The van der Waals surface area contributed by atoms with Gasteiger partial charge in [0.2, 0.25) is 0 Å². The van der Waals surface area contributed by atoms with E-state index in [0.29, 0.717) is 11.3 Å². The van der Waals surface area contributed by atoms with E-state index in [0.717, 1.165) is 16.5 Å². The van der Waals surface area contributed by atoms with Gasteiger partial charge in [-0.2, -0.15) is 5.26 Å². The molecule has 0 saturated heterocycles. The van der Waals surface area contributed by atoms with Crippen molar-refractivity contribution < 1.29 is 4.79 Å². The van der Waals surface area contributed by atoms with Gasteiger partial charge in [0.1, 0.15) is 0 Å². The van der Waals surface area contributed by atoms with Crippen LogP contribution < -0.4 is 5.32 Å². The molecule has 3 nitrogen and oxygen atoms in total. The summed E-state index contributed by atoms with van der Waals surface area (Å²) in [6, 6.07) is 11.8. The molecular weight excluding hydrogens is 244 g/mol. The molecule has 1 atom stereocenters. The van der Waals surface area contributed by atoms with Gasteiger partial charge in [-0.25, -0.2) is 0 Å².